The summed E-state index contributed by atoms with van der Waals surface area (Å²) < 4.78 is 2.01. The average molecular weight is 452 g/mol. The van der Waals surface area contributed by atoms with Crippen molar-refractivity contribution in [2.45, 2.75) is 19.0 Å². The van der Waals surface area contributed by atoms with Crippen molar-refractivity contribution in [1.82, 2.24) is 24.6 Å². The van der Waals surface area contributed by atoms with Gasteiger partial charge in [-0.1, -0.05) is 47.5 Å². The van der Waals surface area contributed by atoms with Crippen LogP contribution in [0.15, 0.2) is 67.3 Å². The Kier molecular flexibility index (Phi) is 5.26. The number of aromatic nitrogens is 4. The van der Waals surface area contributed by atoms with Gasteiger partial charge in [0.1, 0.15) is 5.69 Å². The molecule has 1 atom stereocenters. The number of halogens is 2. The molecule has 1 amide bonds. The van der Waals surface area contributed by atoms with Gasteiger partial charge >= 0.3 is 0 Å². The zero-order valence-electron chi connectivity index (χ0n) is 16.5. The van der Waals surface area contributed by atoms with Crippen molar-refractivity contribution in [1.29, 1.82) is 0 Å². The minimum Gasteiger partial charge on any atom is -0.337 e. The molecule has 0 aliphatic carbocycles. The van der Waals surface area contributed by atoms with Crippen LogP contribution in [0.5, 0.6) is 0 Å². The van der Waals surface area contributed by atoms with Crippen molar-refractivity contribution in [2.24, 2.45) is 0 Å². The highest BCUT2D eigenvalue weighted by Crippen LogP contribution is 2.43. The van der Waals surface area contributed by atoms with Gasteiger partial charge < -0.3 is 9.47 Å². The molecule has 6 nitrogen and oxygen atoms in total. The summed E-state index contributed by atoms with van der Waals surface area (Å²) in [5.74, 6) is -0.0571. The fourth-order valence-corrected chi connectivity index (χ4v) is 4.45. The number of fused-ring (bicyclic) bond motifs is 1. The first kappa shape index (κ1) is 19.8. The number of nitrogens with zero attached hydrogens (tertiary/aromatic N) is 4. The van der Waals surface area contributed by atoms with E-state index in [1.807, 2.05) is 64.2 Å². The van der Waals surface area contributed by atoms with Crippen LogP contribution >= 0.6 is 23.2 Å². The van der Waals surface area contributed by atoms with E-state index in [2.05, 4.69) is 15.2 Å². The largest absolute Gasteiger partial charge is 0.337 e. The standard InChI is InChI=1S/C23H19Cl2N5O/c24-17-7-5-15(6-8-17)20-19-21(28-27-20)23(31)30(11-2-10-29-12-9-26-14-29)22(19)16-3-1-4-18(25)13-16/h1,3-9,12-14,22H,2,10-11H2,(H,27,28). The number of aryl methyl sites for hydroxylation is 1. The lowest BCUT2D eigenvalue weighted by Crippen LogP contribution is -2.31. The van der Waals surface area contributed by atoms with Gasteiger partial charge in [0, 0.05) is 46.7 Å². The van der Waals surface area contributed by atoms with E-state index in [-0.39, 0.29) is 11.9 Å². The van der Waals surface area contributed by atoms with Gasteiger partial charge in [-0.3, -0.25) is 9.89 Å². The van der Waals surface area contributed by atoms with Crippen LogP contribution in [0.25, 0.3) is 11.3 Å². The maximum atomic E-state index is 13.3. The summed E-state index contributed by atoms with van der Waals surface area (Å²) in [6.45, 7) is 1.37. The van der Waals surface area contributed by atoms with E-state index in [4.69, 9.17) is 23.2 Å². The van der Waals surface area contributed by atoms with Crippen LogP contribution in [0.1, 0.15) is 34.1 Å². The van der Waals surface area contributed by atoms with Crippen molar-refractivity contribution in [3.63, 3.8) is 0 Å². The Morgan fingerprint density at radius 2 is 1.87 bits per heavy atom. The maximum absolute atomic E-state index is 13.3. The summed E-state index contributed by atoms with van der Waals surface area (Å²) in [6, 6.07) is 14.9. The Hall–Kier alpha value is -3.09. The number of imidazole rings is 1. The van der Waals surface area contributed by atoms with Crippen LogP contribution in [0.3, 0.4) is 0 Å². The van der Waals surface area contributed by atoms with Gasteiger partial charge in [-0.2, -0.15) is 5.10 Å². The van der Waals surface area contributed by atoms with Crippen LogP contribution < -0.4 is 0 Å². The number of nitrogens with one attached hydrogen (secondary N) is 1. The lowest BCUT2D eigenvalue weighted by atomic mass is 9.96. The number of aromatic amines is 1. The van der Waals surface area contributed by atoms with Gasteiger partial charge in [-0.15, -0.1) is 0 Å². The number of hydrogen-bond acceptors (Lipinski definition) is 3. The predicted molar refractivity (Wildman–Crippen MR) is 120 cm³/mol. The summed E-state index contributed by atoms with van der Waals surface area (Å²) in [5.41, 5.74) is 4.01. The zero-order valence-corrected chi connectivity index (χ0v) is 18.0. The summed E-state index contributed by atoms with van der Waals surface area (Å²) in [5, 5.41) is 8.74. The molecule has 4 aromatic rings. The molecule has 0 bridgehead atoms. The first-order chi connectivity index (χ1) is 15.1. The van der Waals surface area contributed by atoms with Gasteiger partial charge in [-0.25, -0.2) is 4.98 Å². The lowest BCUT2D eigenvalue weighted by Gasteiger charge is -2.26. The predicted octanol–water partition coefficient (Wildman–Crippen LogP) is 5.22. The van der Waals surface area contributed by atoms with E-state index in [9.17, 15) is 4.79 Å². The minimum atomic E-state index is -0.270. The molecule has 0 saturated carbocycles. The molecule has 1 aliphatic rings. The molecule has 0 saturated heterocycles. The molecular formula is C23H19Cl2N5O. The average Bonchev–Trinajstić information content (AvgIpc) is 3.48. The van der Waals surface area contributed by atoms with Gasteiger partial charge in [-0.05, 0) is 36.2 Å². The topological polar surface area (TPSA) is 66.8 Å². The molecular weight excluding hydrogens is 433 g/mol. The van der Waals surface area contributed by atoms with Crippen molar-refractivity contribution in [3.05, 3.63) is 94.1 Å². The van der Waals surface area contributed by atoms with E-state index in [0.29, 0.717) is 22.3 Å². The van der Waals surface area contributed by atoms with E-state index in [1.54, 1.807) is 12.5 Å². The van der Waals surface area contributed by atoms with Crippen LogP contribution in [-0.2, 0) is 6.54 Å². The summed E-state index contributed by atoms with van der Waals surface area (Å²) in [4.78, 5) is 19.3. The Morgan fingerprint density at radius 1 is 1.03 bits per heavy atom. The third-order valence-corrected chi connectivity index (χ3v) is 6.01. The van der Waals surface area contributed by atoms with Crippen LogP contribution in [0.2, 0.25) is 10.0 Å². The Labute approximate surface area is 189 Å². The zero-order chi connectivity index (χ0) is 21.4. The third kappa shape index (κ3) is 3.73. The summed E-state index contributed by atoms with van der Waals surface area (Å²) >= 11 is 12.4. The number of carbonyl (C=O) groups is 1. The highest BCUT2D eigenvalue weighted by Gasteiger charge is 2.41. The Bertz CT molecular complexity index is 1220. The van der Waals surface area contributed by atoms with Crippen molar-refractivity contribution < 1.29 is 4.79 Å². The Balaban J connectivity index is 1.53. The van der Waals surface area contributed by atoms with E-state index < -0.39 is 0 Å². The lowest BCUT2D eigenvalue weighted by molar-refractivity contribution is 0.0739. The maximum Gasteiger partial charge on any atom is 0.273 e. The second kappa shape index (κ2) is 8.21. The first-order valence-electron chi connectivity index (χ1n) is 9.98. The number of carbonyl (C=O) groups excluding carboxylic acids is 1. The molecule has 2 aromatic heterocycles. The Morgan fingerprint density at radius 3 is 2.61 bits per heavy atom. The number of rotatable bonds is 6. The van der Waals surface area contributed by atoms with E-state index >= 15 is 0 Å². The molecule has 2 aromatic carbocycles. The molecule has 31 heavy (non-hydrogen) atoms. The SMILES string of the molecule is O=C1c2[nH]nc(-c3ccc(Cl)cc3)c2C(c2cccc(Cl)c2)N1CCCn1ccnc1. The molecule has 3 heterocycles. The first-order valence-corrected chi connectivity index (χ1v) is 10.7. The number of benzene rings is 2. The van der Waals surface area contributed by atoms with E-state index in [1.165, 1.54) is 0 Å². The highest BCUT2D eigenvalue weighted by molar-refractivity contribution is 6.31. The molecule has 0 radical (unpaired) electrons. The number of amides is 1. The van der Waals surface area contributed by atoms with Crippen LogP contribution in [0.4, 0.5) is 0 Å². The van der Waals surface area contributed by atoms with Crippen molar-refractivity contribution in [2.75, 3.05) is 6.54 Å². The van der Waals surface area contributed by atoms with Gasteiger partial charge in [0.2, 0.25) is 0 Å². The van der Waals surface area contributed by atoms with Gasteiger partial charge in [0.25, 0.3) is 5.91 Å². The summed E-state index contributed by atoms with van der Waals surface area (Å²) in [6.07, 6.45) is 6.26. The number of hydrogen-bond donors (Lipinski definition) is 1. The highest BCUT2D eigenvalue weighted by atomic mass is 35.5. The molecule has 8 heteroatoms. The van der Waals surface area contributed by atoms with Crippen LogP contribution in [-0.4, -0.2) is 37.1 Å². The fourth-order valence-electron chi connectivity index (χ4n) is 4.12. The fraction of sp³-hybridized carbons (Fsp3) is 0.174. The van der Waals surface area contributed by atoms with Crippen LogP contribution in [0, 0.1) is 0 Å². The quantitative estimate of drug-likeness (QED) is 0.437. The minimum absolute atomic E-state index is 0.0571. The van der Waals surface area contributed by atoms with Gasteiger partial charge in [0.15, 0.2) is 0 Å². The molecule has 1 N–H and O–H groups in total. The van der Waals surface area contributed by atoms with Crippen molar-refractivity contribution in [3.8, 4) is 11.3 Å². The number of H-pyrrole nitrogens is 1. The second-order valence-electron chi connectivity index (χ2n) is 7.48. The molecule has 1 aliphatic heterocycles. The van der Waals surface area contributed by atoms with Crippen molar-refractivity contribution >= 4 is 29.1 Å². The third-order valence-electron chi connectivity index (χ3n) is 5.52. The normalized spacial score (nSPS) is 15.5. The van der Waals surface area contributed by atoms with E-state index in [0.717, 1.165) is 35.3 Å². The van der Waals surface area contributed by atoms with Gasteiger partial charge in [0.05, 0.1) is 18.1 Å². The molecule has 156 valence electrons. The summed E-state index contributed by atoms with van der Waals surface area (Å²) in [7, 11) is 0. The molecule has 0 fully saturated rings. The molecule has 5 rings (SSSR count). The monoisotopic (exact) mass is 451 g/mol. The molecule has 0 spiro atoms. The molecule has 1 unspecified atom stereocenters. The smallest absolute Gasteiger partial charge is 0.273 e. The second-order valence-corrected chi connectivity index (χ2v) is 8.35.